The largest absolute Gasteiger partial charge is 0.411 e. The van der Waals surface area contributed by atoms with Gasteiger partial charge in [0.05, 0.1) is 12.0 Å². The predicted octanol–water partition coefficient (Wildman–Crippen LogP) is 2.57. The number of alkyl halides is 3. The van der Waals surface area contributed by atoms with Crippen LogP contribution in [0.4, 0.5) is 13.2 Å². The van der Waals surface area contributed by atoms with E-state index in [9.17, 15) is 27.6 Å². The summed E-state index contributed by atoms with van der Waals surface area (Å²) in [4.78, 5) is 37.3. The van der Waals surface area contributed by atoms with Gasteiger partial charge in [-0.15, -0.1) is 0 Å². The first-order chi connectivity index (χ1) is 15.2. The van der Waals surface area contributed by atoms with Gasteiger partial charge in [0.2, 0.25) is 0 Å². The molecule has 0 unspecified atom stereocenters. The fraction of sp³-hybridized carbons (Fsp3) is 0.238. The van der Waals surface area contributed by atoms with E-state index in [0.717, 1.165) is 4.68 Å². The molecule has 0 saturated heterocycles. The molecule has 0 radical (unpaired) electrons. The van der Waals surface area contributed by atoms with Gasteiger partial charge < -0.3 is 4.74 Å². The van der Waals surface area contributed by atoms with E-state index in [4.69, 9.17) is 0 Å². The van der Waals surface area contributed by atoms with E-state index >= 15 is 0 Å². The Bertz CT molecular complexity index is 1190. The SMILES string of the molecule is CCn1nc(C(=O)NNC(=O)c2ccc(COCC(F)(F)F)cc2)c2ccccc2c1=O. The number of fused-ring (bicyclic) bond motifs is 1. The van der Waals surface area contributed by atoms with Gasteiger partial charge in [-0.1, -0.05) is 30.3 Å². The molecule has 168 valence electrons. The molecular formula is C21H19F3N4O4. The van der Waals surface area contributed by atoms with Crippen molar-refractivity contribution in [3.05, 3.63) is 75.7 Å². The van der Waals surface area contributed by atoms with Crippen molar-refractivity contribution in [1.82, 2.24) is 20.6 Å². The van der Waals surface area contributed by atoms with Crippen molar-refractivity contribution in [3.8, 4) is 0 Å². The Labute approximate surface area is 180 Å². The normalized spacial score (nSPS) is 11.4. The molecule has 0 saturated carbocycles. The molecule has 1 heterocycles. The van der Waals surface area contributed by atoms with Crippen LogP contribution in [0.25, 0.3) is 10.8 Å². The first-order valence-electron chi connectivity index (χ1n) is 9.53. The quantitative estimate of drug-likeness (QED) is 0.565. The number of aryl methyl sites for hydroxylation is 1. The standard InChI is InChI=1S/C21H19F3N4O4/c1-2-28-20(31)16-6-4-3-5-15(16)17(27-28)19(30)26-25-18(29)14-9-7-13(8-10-14)11-32-12-21(22,23)24/h3-10H,2,11-12H2,1H3,(H,25,29)(H,26,30). The molecule has 8 nitrogen and oxygen atoms in total. The molecule has 1 aromatic heterocycles. The zero-order valence-electron chi connectivity index (χ0n) is 16.9. The minimum Gasteiger partial charge on any atom is -0.367 e. The highest BCUT2D eigenvalue weighted by atomic mass is 19.4. The zero-order valence-corrected chi connectivity index (χ0v) is 16.9. The monoisotopic (exact) mass is 448 g/mol. The average molecular weight is 448 g/mol. The molecule has 3 aromatic rings. The van der Waals surface area contributed by atoms with E-state index in [1.165, 1.54) is 24.3 Å². The van der Waals surface area contributed by atoms with E-state index in [-0.39, 0.29) is 30.0 Å². The molecule has 2 amide bonds. The van der Waals surface area contributed by atoms with Gasteiger partial charge in [-0.25, -0.2) is 4.68 Å². The van der Waals surface area contributed by atoms with Crippen molar-refractivity contribution in [3.63, 3.8) is 0 Å². The Morgan fingerprint density at radius 3 is 2.25 bits per heavy atom. The lowest BCUT2D eigenvalue weighted by atomic mass is 10.1. The minimum atomic E-state index is -4.41. The fourth-order valence-electron chi connectivity index (χ4n) is 2.90. The van der Waals surface area contributed by atoms with Crippen LogP contribution in [0.3, 0.4) is 0 Å². The summed E-state index contributed by atoms with van der Waals surface area (Å²) < 4.78 is 42.1. The van der Waals surface area contributed by atoms with Crippen LogP contribution < -0.4 is 16.4 Å². The number of hydrogen-bond donors (Lipinski definition) is 2. The van der Waals surface area contributed by atoms with E-state index in [2.05, 4.69) is 20.7 Å². The second kappa shape index (κ2) is 9.60. The van der Waals surface area contributed by atoms with Crippen LogP contribution in [-0.2, 0) is 17.9 Å². The summed E-state index contributed by atoms with van der Waals surface area (Å²) in [5.74, 6) is -1.36. The van der Waals surface area contributed by atoms with Gasteiger partial charge in [-0.05, 0) is 30.7 Å². The maximum Gasteiger partial charge on any atom is 0.411 e. The number of amides is 2. The van der Waals surface area contributed by atoms with E-state index < -0.39 is 24.6 Å². The summed E-state index contributed by atoms with van der Waals surface area (Å²) in [5.41, 5.74) is 4.77. The molecule has 32 heavy (non-hydrogen) atoms. The Morgan fingerprint density at radius 2 is 1.62 bits per heavy atom. The van der Waals surface area contributed by atoms with Gasteiger partial charge in [0.25, 0.3) is 17.4 Å². The Hall–Kier alpha value is -3.73. The molecule has 2 aromatic carbocycles. The number of halogens is 3. The van der Waals surface area contributed by atoms with Crippen LogP contribution in [0.1, 0.15) is 33.3 Å². The number of aromatic nitrogens is 2. The molecule has 0 atom stereocenters. The average Bonchev–Trinajstić information content (AvgIpc) is 2.77. The lowest BCUT2D eigenvalue weighted by molar-refractivity contribution is -0.176. The number of nitrogens with zero attached hydrogens (tertiary/aromatic N) is 2. The number of carbonyl (C=O) groups is 2. The molecule has 3 rings (SSSR count). The van der Waals surface area contributed by atoms with Crippen LogP contribution in [0, 0.1) is 0 Å². The number of nitrogens with one attached hydrogen (secondary N) is 2. The van der Waals surface area contributed by atoms with Crippen molar-refractivity contribution < 1.29 is 27.5 Å². The smallest absolute Gasteiger partial charge is 0.367 e. The highest BCUT2D eigenvalue weighted by Gasteiger charge is 2.27. The van der Waals surface area contributed by atoms with Gasteiger partial charge in [0, 0.05) is 17.5 Å². The summed E-state index contributed by atoms with van der Waals surface area (Å²) in [6.07, 6.45) is -4.41. The fourth-order valence-corrected chi connectivity index (χ4v) is 2.90. The van der Waals surface area contributed by atoms with Crippen LogP contribution >= 0.6 is 0 Å². The van der Waals surface area contributed by atoms with Crippen molar-refractivity contribution in [1.29, 1.82) is 0 Å². The second-order valence-corrected chi connectivity index (χ2v) is 6.73. The van der Waals surface area contributed by atoms with Crippen LogP contribution in [0.5, 0.6) is 0 Å². The van der Waals surface area contributed by atoms with Crippen LogP contribution in [0.2, 0.25) is 0 Å². The third kappa shape index (κ3) is 5.49. The minimum absolute atomic E-state index is 0.0282. The van der Waals surface area contributed by atoms with E-state index in [1.807, 2.05) is 0 Å². The summed E-state index contributed by atoms with van der Waals surface area (Å²) in [5, 5.41) is 4.74. The summed E-state index contributed by atoms with van der Waals surface area (Å²) in [6.45, 7) is 0.346. The molecular weight excluding hydrogens is 429 g/mol. The van der Waals surface area contributed by atoms with Crippen molar-refractivity contribution in [2.45, 2.75) is 26.3 Å². The number of ether oxygens (including phenoxy) is 1. The number of hydrazine groups is 1. The second-order valence-electron chi connectivity index (χ2n) is 6.73. The molecule has 0 bridgehead atoms. The van der Waals surface area contributed by atoms with Gasteiger partial charge in [0.15, 0.2) is 5.69 Å². The molecule has 0 aliphatic rings. The van der Waals surface area contributed by atoms with Crippen LogP contribution in [-0.4, -0.2) is 34.4 Å². The van der Waals surface area contributed by atoms with Crippen molar-refractivity contribution in [2.24, 2.45) is 0 Å². The number of benzene rings is 2. The van der Waals surface area contributed by atoms with E-state index in [0.29, 0.717) is 16.3 Å². The summed E-state index contributed by atoms with van der Waals surface area (Å²) >= 11 is 0. The van der Waals surface area contributed by atoms with Gasteiger partial charge in [-0.2, -0.15) is 18.3 Å². The first-order valence-corrected chi connectivity index (χ1v) is 9.53. The van der Waals surface area contributed by atoms with Crippen molar-refractivity contribution >= 4 is 22.6 Å². The molecule has 11 heteroatoms. The van der Waals surface area contributed by atoms with E-state index in [1.54, 1.807) is 31.2 Å². The third-order valence-electron chi connectivity index (χ3n) is 4.42. The van der Waals surface area contributed by atoms with Crippen LogP contribution in [0.15, 0.2) is 53.3 Å². The first kappa shape index (κ1) is 22.9. The lowest BCUT2D eigenvalue weighted by Gasteiger charge is -2.11. The predicted molar refractivity (Wildman–Crippen MR) is 109 cm³/mol. The van der Waals surface area contributed by atoms with Gasteiger partial charge in [0.1, 0.15) is 6.61 Å². The highest BCUT2D eigenvalue weighted by molar-refractivity contribution is 6.06. The Kier molecular flexibility index (Phi) is 6.89. The van der Waals surface area contributed by atoms with Crippen molar-refractivity contribution in [2.75, 3.05) is 6.61 Å². The number of carbonyl (C=O) groups excluding carboxylic acids is 2. The molecule has 0 spiro atoms. The molecule has 0 aliphatic carbocycles. The molecule has 0 aliphatic heterocycles. The number of hydrogen-bond acceptors (Lipinski definition) is 5. The Balaban J connectivity index is 1.66. The van der Waals surface area contributed by atoms with Gasteiger partial charge >= 0.3 is 6.18 Å². The lowest BCUT2D eigenvalue weighted by Crippen LogP contribution is -2.42. The maximum atomic E-state index is 12.6. The highest BCUT2D eigenvalue weighted by Crippen LogP contribution is 2.16. The third-order valence-corrected chi connectivity index (χ3v) is 4.42. The topological polar surface area (TPSA) is 102 Å². The maximum absolute atomic E-state index is 12.6. The number of rotatable bonds is 6. The van der Waals surface area contributed by atoms with Gasteiger partial charge in [-0.3, -0.25) is 25.2 Å². The Morgan fingerprint density at radius 1 is 1.00 bits per heavy atom. The summed E-state index contributed by atoms with van der Waals surface area (Å²) in [7, 11) is 0. The zero-order chi connectivity index (χ0) is 23.3. The molecule has 2 N–H and O–H groups in total. The summed E-state index contributed by atoms with van der Waals surface area (Å²) in [6, 6.07) is 12.2. The molecule has 0 fully saturated rings.